The third-order valence-corrected chi connectivity index (χ3v) is 7.34. The molecular formula is C35H26N6O. The Hall–Kier alpha value is -6.18. The third-order valence-electron chi connectivity index (χ3n) is 7.34. The van der Waals surface area contributed by atoms with Crippen molar-refractivity contribution in [2.24, 2.45) is 0 Å². The molecule has 2 aromatic heterocycles. The summed E-state index contributed by atoms with van der Waals surface area (Å²) in [5.74, 6) is 0.661. The molecule has 0 aliphatic rings. The van der Waals surface area contributed by atoms with Gasteiger partial charge in [0.2, 0.25) is 0 Å². The minimum Gasteiger partial charge on any atom is -0.497 e. The second-order valence-corrected chi connectivity index (χ2v) is 9.84. The number of nitrogens with zero attached hydrogens (tertiary/aromatic N) is 2. The number of nitrogen functional groups attached to an aromatic ring is 2. The van der Waals surface area contributed by atoms with Crippen molar-refractivity contribution in [3.63, 3.8) is 0 Å². The molecule has 0 aliphatic carbocycles. The number of allylic oxidation sites excluding steroid dienone is 4. The summed E-state index contributed by atoms with van der Waals surface area (Å²) in [4.78, 5) is 6.57. The molecule has 0 fully saturated rings. The van der Waals surface area contributed by atoms with Gasteiger partial charge in [-0.05, 0) is 59.7 Å². The number of anilines is 2. The second-order valence-electron chi connectivity index (χ2n) is 9.84. The molecular weight excluding hydrogens is 520 g/mol. The first-order chi connectivity index (χ1) is 20.5. The second kappa shape index (κ2) is 10.8. The summed E-state index contributed by atoms with van der Waals surface area (Å²) < 4.78 is 5.50. The van der Waals surface area contributed by atoms with E-state index in [1.165, 1.54) is 0 Å². The average molecular weight is 547 g/mol. The molecule has 42 heavy (non-hydrogen) atoms. The van der Waals surface area contributed by atoms with E-state index in [9.17, 15) is 10.5 Å². The molecule has 2 heterocycles. The predicted octanol–water partition coefficient (Wildman–Crippen LogP) is 7.39. The highest BCUT2D eigenvalue weighted by Gasteiger charge is 2.25. The van der Waals surface area contributed by atoms with Gasteiger partial charge in [-0.15, -0.1) is 0 Å². The lowest BCUT2D eigenvalue weighted by Gasteiger charge is -2.19. The minimum absolute atomic E-state index is 0.366. The molecule has 0 unspecified atom stereocenters. The van der Waals surface area contributed by atoms with E-state index in [1.54, 1.807) is 19.2 Å². The fraction of sp³-hybridized carbons (Fsp3) is 0.0286. The highest BCUT2D eigenvalue weighted by atomic mass is 16.5. The SMILES string of the molecule is COc1ccc2[nH]cc(/C(C#N)=C(/C(=C(\C#N)c3c[nH]c4ccccc34)c3cccc(N)c3)c3cccc(N)c3)c2c1. The average Bonchev–Trinajstić information content (AvgIpc) is 3.63. The molecule has 7 heteroatoms. The van der Waals surface area contributed by atoms with Crippen molar-refractivity contribution in [2.45, 2.75) is 0 Å². The number of nitriles is 2. The van der Waals surface area contributed by atoms with Crippen molar-refractivity contribution in [3.8, 4) is 17.9 Å². The number of aromatic amines is 2. The van der Waals surface area contributed by atoms with Crippen LogP contribution in [0.5, 0.6) is 5.75 Å². The number of fused-ring (bicyclic) bond motifs is 2. The van der Waals surface area contributed by atoms with Crippen LogP contribution >= 0.6 is 0 Å². The van der Waals surface area contributed by atoms with E-state index in [1.807, 2.05) is 91.3 Å². The molecule has 0 aliphatic heterocycles. The Kier molecular flexibility index (Phi) is 6.68. The Morgan fingerprint density at radius 2 is 1.19 bits per heavy atom. The van der Waals surface area contributed by atoms with Crippen LogP contribution in [0.25, 0.3) is 44.1 Å². The van der Waals surface area contributed by atoms with E-state index in [4.69, 9.17) is 16.2 Å². The standard InChI is InChI=1S/C35H26N6O/c1-42-25-12-13-33-27(16-25)31(20-41-33)29(18-37)35(22-7-5-9-24(39)15-22)34(21-6-4-8-23(38)14-21)28(17-36)30-19-40-32-11-3-2-10-26(30)32/h2-16,19-20,40-41H,38-39H2,1H3/b34-28+,35-29+. The maximum absolute atomic E-state index is 10.9. The van der Waals surface area contributed by atoms with Gasteiger partial charge in [-0.2, -0.15) is 10.5 Å². The van der Waals surface area contributed by atoms with Crippen LogP contribution in [0.1, 0.15) is 22.3 Å². The summed E-state index contributed by atoms with van der Waals surface area (Å²) in [5, 5.41) is 23.4. The summed E-state index contributed by atoms with van der Waals surface area (Å²) in [6, 6.07) is 33.1. The smallest absolute Gasteiger partial charge is 0.119 e. The number of methoxy groups -OCH3 is 1. The Balaban J connectivity index is 1.81. The Morgan fingerprint density at radius 3 is 1.74 bits per heavy atom. The summed E-state index contributed by atoms with van der Waals surface area (Å²) in [6.07, 6.45) is 3.64. The van der Waals surface area contributed by atoms with Gasteiger partial charge in [-0.25, -0.2) is 0 Å². The maximum Gasteiger partial charge on any atom is 0.119 e. The van der Waals surface area contributed by atoms with Crippen LogP contribution in [0.3, 0.4) is 0 Å². The number of para-hydroxylation sites is 1. The molecule has 6 rings (SSSR count). The lowest BCUT2D eigenvalue weighted by Crippen LogP contribution is -2.01. The Bertz CT molecular complexity index is 2130. The zero-order valence-corrected chi connectivity index (χ0v) is 22.8. The van der Waals surface area contributed by atoms with E-state index in [0.717, 1.165) is 21.8 Å². The lowest BCUT2D eigenvalue weighted by molar-refractivity contribution is 0.415. The first-order valence-electron chi connectivity index (χ1n) is 13.2. The van der Waals surface area contributed by atoms with E-state index in [0.29, 0.717) is 61.7 Å². The van der Waals surface area contributed by atoms with Gasteiger partial charge in [0, 0.05) is 67.8 Å². The van der Waals surface area contributed by atoms with Crippen LogP contribution in [0, 0.1) is 22.7 Å². The van der Waals surface area contributed by atoms with E-state index in [-0.39, 0.29) is 0 Å². The van der Waals surface area contributed by atoms with Crippen molar-refractivity contribution in [3.05, 3.63) is 126 Å². The summed E-state index contributed by atoms with van der Waals surface area (Å²) in [6.45, 7) is 0. The number of hydrogen-bond acceptors (Lipinski definition) is 5. The number of nitrogens with two attached hydrogens (primary N) is 2. The topological polar surface area (TPSA) is 140 Å². The van der Waals surface area contributed by atoms with Gasteiger partial charge in [-0.3, -0.25) is 0 Å². The Morgan fingerprint density at radius 1 is 0.643 bits per heavy atom. The van der Waals surface area contributed by atoms with Crippen LogP contribution < -0.4 is 16.2 Å². The fourth-order valence-corrected chi connectivity index (χ4v) is 5.43. The van der Waals surface area contributed by atoms with Gasteiger partial charge < -0.3 is 26.2 Å². The first kappa shape index (κ1) is 26.1. The summed E-state index contributed by atoms with van der Waals surface area (Å²) in [7, 11) is 1.60. The van der Waals surface area contributed by atoms with Crippen molar-refractivity contribution in [1.82, 2.24) is 9.97 Å². The number of benzene rings is 4. The van der Waals surface area contributed by atoms with E-state index in [2.05, 4.69) is 22.1 Å². The molecule has 7 nitrogen and oxygen atoms in total. The molecule has 6 N–H and O–H groups in total. The van der Waals surface area contributed by atoms with E-state index >= 15 is 0 Å². The fourth-order valence-electron chi connectivity index (χ4n) is 5.43. The van der Waals surface area contributed by atoms with Crippen LogP contribution in [0.2, 0.25) is 0 Å². The molecule has 0 bridgehead atoms. The van der Waals surface area contributed by atoms with Crippen LogP contribution in [0.15, 0.2) is 103 Å². The normalized spacial score (nSPS) is 12.4. The summed E-state index contributed by atoms with van der Waals surface area (Å²) in [5.41, 5.74) is 20.0. The Labute approximate surface area is 242 Å². The highest BCUT2D eigenvalue weighted by molar-refractivity contribution is 6.27. The molecule has 202 valence electrons. The van der Waals surface area contributed by atoms with Crippen LogP contribution in [-0.4, -0.2) is 17.1 Å². The van der Waals surface area contributed by atoms with Crippen molar-refractivity contribution in [2.75, 3.05) is 18.6 Å². The van der Waals surface area contributed by atoms with E-state index < -0.39 is 0 Å². The molecule has 0 atom stereocenters. The number of ether oxygens (including phenoxy) is 1. The predicted molar refractivity (Wildman–Crippen MR) is 170 cm³/mol. The highest BCUT2D eigenvalue weighted by Crippen LogP contribution is 2.45. The van der Waals surface area contributed by atoms with Gasteiger partial charge in [0.05, 0.1) is 18.3 Å². The number of H-pyrrole nitrogens is 2. The van der Waals surface area contributed by atoms with Crippen molar-refractivity contribution < 1.29 is 4.74 Å². The monoisotopic (exact) mass is 546 g/mol. The van der Waals surface area contributed by atoms with Crippen molar-refractivity contribution >= 4 is 55.5 Å². The molecule has 0 saturated carbocycles. The zero-order valence-electron chi connectivity index (χ0n) is 22.8. The zero-order chi connectivity index (χ0) is 29.2. The van der Waals surface area contributed by atoms with Gasteiger partial charge in [0.1, 0.15) is 17.9 Å². The number of nitrogens with one attached hydrogen (secondary N) is 2. The van der Waals surface area contributed by atoms with Gasteiger partial charge in [0.25, 0.3) is 0 Å². The number of aromatic nitrogens is 2. The lowest BCUT2D eigenvalue weighted by atomic mass is 9.82. The third kappa shape index (κ3) is 4.52. The molecule has 0 spiro atoms. The van der Waals surface area contributed by atoms with Crippen molar-refractivity contribution in [1.29, 1.82) is 10.5 Å². The van der Waals surface area contributed by atoms with Gasteiger partial charge >= 0.3 is 0 Å². The number of rotatable bonds is 6. The molecule has 0 saturated heterocycles. The largest absolute Gasteiger partial charge is 0.497 e. The number of hydrogen-bond donors (Lipinski definition) is 4. The first-order valence-corrected chi connectivity index (χ1v) is 13.2. The quantitative estimate of drug-likeness (QED) is 0.0979. The van der Waals surface area contributed by atoms with Crippen LogP contribution in [0.4, 0.5) is 11.4 Å². The molecule has 4 aromatic carbocycles. The van der Waals surface area contributed by atoms with Gasteiger partial charge in [0.15, 0.2) is 0 Å². The minimum atomic E-state index is 0.366. The van der Waals surface area contributed by atoms with Gasteiger partial charge in [-0.1, -0.05) is 42.5 Å². The maximum atomic E-state index is 10.9. The molecule has 0 amide bonds. The molecule has 0 radical (unpaired) electrons. The summed E-state index contributed by atoms with van der Waals surface area (Å²) >= 11 is 0. The van der Waals surface area contributed by atoms with Crippen LogP contribution in [-0.2, 0) is 0 Å². The molecule has 6 aromatic rings.